The molecule has 0 spiro atoms. The number of fused-ring (bicyclic) bond motifs is 1. The molecule has 1 aromatic carbocycles. The lowest BCUT2D eigenvalue weighted by Crippen LogP contribution is -2.14. The third-order valence-corrected chi connectivity index (χ3v) is 3.58. The van der Waals surface area contributed by atoms with E-state index in [0.717, 1.165) is 24.8 Å². The van der Waals surface area contributed by atoms with Crippen molar-refractivity contribution in [2.45, 2.75) is 25.8 Å². The van der Waals surface area contributed by atoms with Gasteiger partial charge in [0.25, 0.3) is 5.91 Å². The number of anilines is 1. The molecule has 3 rings (SSSR count). The maximum atomic E-state index is 12.3. The van der Waals surface area contributed by atoms with Gasteiger partial charge in [0.05, 0.1) is 11.9 Å². The number of nitrogens with zero attached hydrogens (tertiary/aromatic N) is 2. The van der Waals surface area contributed by atoms with Gasteiger partial charge < -0.3 is 10.4 Å². The monoisotopic (exact) mass is 285 g/mol. The predicted octanol–water partition coefficient (Wildman–Crippen LogP) is 1.71. The molecule has 2 N–H and O–H groups in total. The quantitative estimate of drug-likeness (QED) is 0.895. The average molecular weight is 285 g/mol. The van der Waals surface area contributed by atoms with Crippen LogP contribution in [0.15, 0.2) is 30.6 Å². The molecule has 6 nitrogen and oxygen atoms in total. The van der Waals surface area contributed by atoms with Crippen molar-refractivity contribution < 1.29 is 14.7 Å². The topological polar surface area (TPSA) is 84.2 Å². The van der Waals surface area contributed by atoms with Crippen LogP contribution in [0, 0.1) is 0 Å². The smallest absolute Gasteiger partial charge is 0.325 e. The minimum Gasteiger partial charge on any atom is -0.480 e. The average Bonchev–Trinajstić information content (AvgIpc) is 3.06. The Morgan fingerprint density at radius 1 is 1.33 bits per heavy atom. The minimum absolute atomic E-state index is 0.177. The number of carbonyl (C=O) groups is 2. The maximum Gasteiger partial charge on any atom is 0.325 e. The Morgan fingerprint density at radius 3 is 3.00 bits per heavy atom. The Hall–Kier alpha value is -2.63. The van der Waals surface area contributed by atoms with E-state index < -0.39 is 5.97 Å². The highest BCUT2D eigenvalue weighted by Gasteiger charge is 2.19. The zero-order valence-corrected chi connectivity index (χ0v) is 11.4. The summed E-state index contributed by atoms with van der Waals surface area (Å²) in [6, 6.07) is 5.78. The van der Waals surface area contributed by atoms with Gasteiger partial charge in [-0.25, -0.2) is 0 Å². The van der Waals surface area contributed by atoms with E-state index >= 15 is 0 Å². The molecule has 1 amide bonds. The fourth-order valence-electron chi connectivity index (χ4n) is 2.68. The van der Waals surface area contributed by atoms with Gasteiger partial charge in [-0.3, -0.25) is 14.3 Å². The van der Waals surface area contributed by atoms with Crippen molar-refractivity contribution in [2.24, 2.45) is 0 Å². The highest BCUT2D eigenvalue weighted by molar-refractivity contribution is 6.05. The van der Waals surface area contributed by atoms with Gasteiger partial charge >= 0.3 is 5.97 Å². The van der Waals surface area contributed by atoms with E-state index in [1.165, 1.54) is 22.6 Å². The largest absolute Gasteiger partial charge is 0.480 e. The lowest BCUT2D eigenvalue weighted by molar-refractivity contribution is -0.137. The number of carboxylic acid groups (broad SMARTS) is 1. The van der Waals surface area contributed by atoms with Crippen LogP contribution in [-0.4, -0.2) is 26.8 Å². The molecule has 0 aliphatic heterocycles. The minimum atomic E-state index is -0.975. The normalized spacial score (nSPS) is 13.0. The van der Waals surface area contributed by atoms with E-state index in [2.05, 4.69) is 16.5 Å². The fraction of sp³-hybridized carbons (Fsp3) is 0.267. The Bertz CT molecular complexity index is 706. The number of carbonyl (C=O) groups excluding carboxylic acids is 1. The first-order valence-electron chi connectivity index (χ1n) is 6.80. The zero-order valence-electron chi connectivity index (χ0n) is 11.4. The molecule has 0 atom stereocenters. The van der Waals surface area contributed by atoms with Crippen molar-refractivity contribution in [3.8, 4) is 0 Å². The van der Waals surface area contributed by atoms with Gasteiger partial charge in [-0.2, -0.15) is 5.10 Å². The summed E-state index contributed by atoms with van der Waals surface area (Å²) in [6.45, 7) is -0.226. The first-order chi connectivity index (χ1) is 10.1. The molecule has 1 aliphatic carbocycles. The summed E-state index contributed by atoms with van der Waals surface area (Å²) in [5.74, 6) is -1.15. The molecule has 1 heterocycles. The van der Waals surface area contributed by atoms with Crippen molar-refractivity contribution >= 4 is 17.6 Å². The van der Waals surface area contributed by atoms with E-state index in [0.29, 0.717) is 11.3 Å². The second kappa shape index (κ2) is 5.40. The Balaban J connectivity index is 1.76. The summed E-state index contributed by atoms with van der Waals surface area (Å²) >= 11 is 0. The number of hydrogen-bond acceptors (Lipinski definition) is 3. The first kappa shape index (κ1) is 13.4. The molecule has 21 heavy (non-hydrogen) atoms. The van der Waals surface area contributed by atoms with E-state index in [1.807, 2.05) is 12.1 Å². The van der Waals surface area contributed by atoms with Crippen molar-refractivity contribution in [3.63, 3.8) is 0 Å². The van der Waals surface area contributed by atoms with Gasteiger partial charge in [0.2, 0.25) is 0 Å². The number of benzene rings is 1. The second-order valence-corrected chi connectivity index (χ2v) is 5.07. The molecule has 6 heteroatoms. The van der Waals surface area contributed by atoms with Crippen LogP contribution >= 0.6 is 0 Å². The van der Waals surface area contributed by atoms with Crippen molar-refractivity contribution in [2.75, 3.05) is 5.32 Å². The SMILES string of the molecule is O=C(O)Cn1cc(NC(=O)c2cccc3c2CCC3)cn1. The summed E-state index contributed by atoms with van der Waals surface area (Å²) < 4.78 is 1.27. The summed E-state index contributed by atoms with van der Waals surface area (Å²) in [5.41, 5.74) is 3.55. The zero-order chi connectivity index (χ0) is 14.8. The van der Waals surface area contributed by atoms with Crippen LogP contribution in [0.1, 0.15) is 27.9 Å². The van der Waals surface area contributed by atoms with Crippen LogP contribution in [0.5, 0.6) is 0 Å². The van der Waals surface area contributed by atoms with Crippen LogP contribution < -0.4 is 5.32 Å². The van der Waals surface area contributed by atoms with Crippen molar-refractivity contribution in [1.82, 2.24) is 9.78 Å². The number of aromatic nitrogens is 2. The Morgan fingerprint density at radius 2 is 2.19 bits per heavy atom. The van der Waals surface area contributed by atoms with Crippen LogP contribution in [0.25, 0.3) is 0 Å². The molecule has 0 unspecified atom stereocenters. The number of carboxylic acids is 1. The molecule has 1 aromatic heterocycles. The molecule has 0 radical (unpaired) electrons. The summed E-state index contributed by atoms with van der Waals surface area (Å²) in [6.07, 6.45) is 5.99. The van der Waals surface area contributed by atoms with Crippen molar-refractivity contribution in [1.29, 1.82) is 0 Å². The van der Waals surface area contributed by atoms with Gasteiger partial charge in [-0.1, -0.05) is 12.1 Å². The van der Waals surface area contributed by atoms with Gasteiger partial charge in [-0.15, -0.1) is 0 Å². The van der Waals surface area contributed by atoms with Crippen molar-refractivity contribution in [3.05, 3.63) is 47.3 Å². The van der Waals surface area contributed by atoms with Crippen LogP contribution in [0.3, 0.4) is 0 Å². The molecular weight excluding hydrogens is 270 g/mol. The molecule has 0 bridgehead atoms. The van der Waals surface area contributed by atoms with E-state index in [1.54, 1.807) is 0 Å². The highest BCUT2D eigenvalue weighted by Crippen LogP contribution is 2.25. The lowest BCUT2D eigenvalue weighted by atomic mass is 10.0. The molecular formula is C15H15N3O3. The molecule has 1 aliphatic rings. The number of rotatable bonds is 4. The van der Waals surface area contributed by atoms with Crippen LogP contribution in [0.4, 0.5) is 5.69 Å². The van der Waals surface area contributed by atoms with Gasteiger partial charge in [0.15, 0.2) is 0 Å². The summed E-state index contributed by atoms with van der Waals surface area (Å²) in [7, 11) is 0. The van der Waals surface area contributed by atoms with Gasteiger partial charge in [0, 0.05) is 11.8 Å². The number of amides is 1. The Kier molecular flexibility index (Phi) is 3.43. The van der Waals surface area contributed by atoms with Crippen LogP contribution in [-0.2, 0) is 24.2 Å². The molecule has 2 aromatic rings. The van der Waals surface area contributed by atoms with Crippen LogP contribution in [0.2, 0.25) is 0 Å². The summed E-state index contributed by atoms with van der Waals surface area (Å²) in [4.78, 5) is 22.9. The molecule has 0 saturated heterocycles. The van der Waals surface area contributed by atoms with E-state index in [9.17, 15) is 9.59 Å². The van der Waals surface area contributed by atoms with E-state index in [4.69, 9.17) is 5.11 Å². The van der Waals surface area contributed by atoms with Gasteiger partial charge in [0.1, 0.15) is 6.54 Å². The number of aliphatic carboxylic acids is 1. The highest BCUT2D eigenvalue weighted by atomic mass is 16.4. The predicted molar refractivity (Wildman–Crippen MR) is 76.3 cm³/mol. The van der Waals surface area contributed by atoms with E-state index in [-0.39, 0.29) is 12.5 Å². The Labute approximate surface area is 121 Å². The molecule has 108 valence electrons. The maximum absolute atomic E-state index is 12.3. The molecule has 0 fully saturated rings. The molecule has 0 saturated carbocycles. The summed E-state index contributed by atoms with van der Waals surface area (Å²) in [5, 5.41) is 15.4. The van der Waals surface area contributed by atoms with Gasteiger partial charge in [-0.05, 0) is 36.5 Å². The fourth-order valence-corrected chi connectivity index (χ4v) is 2.68. The first-order valence-corrected chi connectivity index (χ1v) is 6.80. The third kappa shape index (κ3) is 2.79. The standard InChI is InChI=1S/C15H15N3O3/c19-14(20)9-18-8-11(7-16-18)17-15(21)13-6-2-4-10-3-1-5-12(10)13/h2,4,6-8H,1,3,5,9H2,(H,17,21)(H,19,20). The lowest BCUT2D eigenvalue weighted by Gasteiger charge is -2.07. The third-order valence-electron chi connectivity index (χ3n) is 3.58. The second-order valence-electron chi connectivity index (χ2n) is 5.07. The number of nitrogens with one attached hydrogen (secondary N) is 1. The number of aryl methyl sites for hydroxylation is 1. The number of hydrogen-bond donors (Lipinski definition) is 2.